The number of ketones is 1. The van der Waals surface area contributed by atoms with Gasteiger partial charge in [-0.25, -0.2) is 0 Å². The molecule has 1 aromatic rings. The Kier molecular flexibility index (Phi) is 4.41. The Hall–Kier alpha value is -0.970. The summed E-state index contributed by atoms with van der Waals surface area (Å²) in [5.41, 5.74) is -0.296. The maximum Gasteiger partial charge on any atom is 0.416 e. The van der Waals surface area contributed by atoms with Gasteiger partial charge in [-0.05, 0) is 17.9 Å². The van der Waals surface area contributed by atoms with Gasteiger partial charge in [-0.3, -0.25) is 4.79 Å². The van der Waals surface area contributed by atoms with E-state index in [9.17, 15) is 18.0 Å². The predicted molar refractivity (Wildman–Crippen MR) is 58.5 cm³/mol. The van der Waals surface area contributed by atoms with Gasteiger partial charge < -0.3 is 0 Å². The van der Waals surface area contributed by atoms with Gasteiger partial charge in [-0.1, -0.05) is 18.2 Å². The molecule has 0 aliphatic heterocycles. The fraction of sp³-hybridized carbons (Fsp3) is 0.364. The number of alkyl halides is 3. The molecule has 88 valence electrons. The first-order chi connectivity index (χ1) is 7.43. The van der Waals surface area contributed by atoms with Crippen LogP contribution in [0.3, 0.4) is 0 Å². The van der Waals surface area contributed by atoms with Crippen LogP contribution < -0.4 is 0 Å². The monoisotopic (exact) mass is 248 g/mol. The molecule has 0 atom stereocenters. The van der Waals surface area contributed by atoms with Gasteiger partial charge in [0.05, 0.1) is 11.3 Å². The number of halogens is 3. The molecule has 1 nitrogen and oxygen atoms in total. The van der Waals surface area contributed by atoms with E-state index in [0.29, 0.717) is 11.3 Å². The third-order valence-electron chi connectivity index (χ3n) is 1.96. The molecule has 0 spiro atoms. The second-order valence-electron chi connectivity index (χ2n) is 3.35. The van der Waals surface area contributed by atoms with Crippen molar-refractivity contribution in [2.45, 2.75) is 12.6 Å². The molecule has 1 rings (SSSR count). The normalized spacial score (nSPS) is 11.5. The fourth-order valence-electron chi connectivity index (χ4n) is 1.30. The van der Waals surface area contributed by atoms with Crippen LogP contribution in [0.4, 0.5) is 13.2 Å². The number of carbonyl (C=O) groups is 1. The fourth-order valence-corrected chi connectivity index (χ4v) is 1.72. The van der Waals surface area contributed by atoms with E-state index < -0.39 is 11.7 Å². The molecule has 0 bridgehead atoms. The second-order valence-corrected chi connectivity index (χ2v) is 4.21. The van der Waals surface area contributed by atoms with E-state index in [0.717, 1.165) is 12.1 Å². The van der Waals surface area contributed by atoms with Crippen LogP contribution in [0, 0.1) is 0 Å². The topological polar surface area (TPSA) is 17.1 Å². The minimum atomic E-state index is -4.35. The second kappa shape index (κ2) is 5.39. The molecule has 0 aliphatic carbocycles. The van der Waals surface area contributed by atoms with Crippen molar-refractivity contribution in [3.63, 3.8) is 0 Å². The van der Waals surface area contributed by atoms with Crippen molar-refractivity contribution >= 4 is 17.5 Å². The predicted octanol–water partition coefficient (Wildman–Crippen LogP) is 3.18. The van der Waals surface area contributed by atoms with E-state index in [1.54, 1.807) is 6.26 Å². The first kappa shape index (κ1) is 13.1. The minimum Gasteiger partial charge on any atom is -0.298 e. The Balaban J connectivity index is 2.79. The smallest absolute Gasteiger partial charge is 0.298 e. The molecular weight excluding hydrogens is 237 g/mol. The Morgan fingerprint density at radius 1 is 1.38 bits per heavy atom. The Labute approximate surface area is 96.0 Å². The lowest BCUT2D eigenvalue weighted by molar-refractivity contribution is -0.137. The standard InChI is InChI=1S/C11H11F3OS/c1-16-7-10(15)6-8-3-2-4-9(5-8)11(12,13)14/h2-5H,6-7H2,1H3. The summed E-state index contributed by atoms with van der Waals surface area (Å²) in [5.74, 6) is 0.266. The molecule has 0 radical (unpaired) electrons. The summed E-state index contributed by atoms with van der Waals surface area (Å²) < 4.78 is 37.1. The highest BCUT2D eigenvalue weighted by Gasteiger charge is 2.30. The number of carbonyl (C=O) groups excluding carboxylic acids is 1. The molecule has 5 heteroatoms. The van der Waals surface area contributed by atoms with E-state index >= 15 is 0 Å². The summed E-state index contributed by atoms with van der Waals surface area (Å²) in [6.45, 7) is 0. The van der Waals surface area contributed by atoms with Gasteiger partial charge in [0.2, 0.25) is 0 Å². The average Bonchev–Trinajstić information content (AvgIpc) is 2.17. The van der Waals surface area contributed by atoms with E-state index in [2.05, 4.69) is 0 Å². The van der Waals surface area contributed by atoms with E-state index in [4.69, 9.17) is 0 Å². The molecule has 0 N–H and O–H groups in total. The van der Waals surface area contributed by atoms with Gasteiger partial charge >= 0.3 is 6.18 Å². The average molecular weight is 248 g/mol. The molecule has 1 aromatic carbocycles. The van der Waals surface area contributed by atoms with Crippen LogP contribution in [0.2, 0.25) is 0 Å². The quantitative estimate of drug-likeness (QED) is 0.814. The molecule has 0 saturated heterocycles. The van der Waals surface area contributed by atoms with Crippen molar-refractivity contribution < 1.29 is 18.0 Å². The van der Waals surface area contributed by atoms with Gasteiger partial charge in [-0.2, -0.15) is 24.9 Å². The van der Waals surface area contributed by atoms with Crippen LogP contribution in [0.25, 0.3) is 0 Å². The molecule has 0 aliphatic rings. The van der Waals surface area contributed by atoms with Crippen molar-refractivity contribution in [3.8, 4) is 0 Å². The largest absolute Gasteiger partial charge is 0.416 e. The van der Waals surface area contributed by atoms with E-state index in [1.165, 1.54) is 23.9 Å². The molecule has 0 aromatic heterocycles. The summed E-state index contributed by atoms with van der Waals surface area (Å²) in [4.78, 5) is 11.3. The molecule has 0 fully saturated rings. The number of rotatable bonds is 4. The van der Waals surface area contributed by atoms with E-state index in [1.807, 2.05) is 0 Å². The highest BCUT2D eigenvalue weighted by atomic mass is 32.2. The van der Waals surface area contributed by atoms with Crippen molar-refractivity contribution in [2.24, 2.45) is 0 Å². The maximum absolute atomic E-state index is 12.4. The first-order valence-electron chi connectivity index (χ1n) is 4.60. The van der Waals surface area contributed by atoms with Crippen molar-refractivity contribution in [1.82, 2.24) is 0 Å². The number of hydrogen-bond donors (Lipinski definition) is 0. The van der Waals surface area contributed by atoms with Gasteiger partial charge in [0.1, 0.15) is 5.78 Å². The minimum absolute atomic E-state index is 0.0603. The van der Waals surface area contributed by atoms with Gasteiger partial charge in [-0.15, -0.1) is 0 Å². The van der Waals surface area contributed by atoms with Crippen LogP contribution in [0.15, 0.2) is 24.3 Å². The zero-order valence-electron chi connectivity index (χ0n) is 8.67. The number of benzene rings is 1. The van der Waals surface area contributed by atoms with Crippen LogP contribution in [0.1, 0.15) is 11.1 Å². The molecular formula is C11H11F3OS. The lowest BCUT2D eigenvalue weighted by Gasteiger charge is -2.08. The zero-order chi connectivity index (χ0) is 12.2. The molecule has 0 amide bonds. The van der Waals surface area contributed by atoms with Gasteiger partial charge in [0, 0.05) is 6.42 Å². The van der Waals surface area contributed by atoms with Crippen LogP contribution >= 0.6 is 11.8 Å². The summed E-state index contributed by atoms with van der Waals surface area (Å²) in [5, 5.41) is 0. The molecule has 16 heavy (non-hydrogen) atoms. The lowest BCUT2D eigenvalue weighted by atomic mass is 10.1. The van der Waals surface area contributed by atoms with Gasteiger partial charge in [0.25, 0.3) is 0 Å². The SMILES string of the molecule is CSCC(=O)Cc1cccc(C(F)(F)F)c1. The summed E-state index contributed by atoms with van der Waals surface area (Å²) >= 11 is 1.37. The van der Waals surface area contributed by atoms with E-state index in [-0.39, 0.29) is 12.2 Å². The third-order valence-corrected chi connectivity index (χ3v) is 2.57. The zero-order valence-corrected chi connectivity index (χ0v) is 9.49. The number of Topliss-reactive ketones (excluding diaryl/α,β-unsaturated/α-hetero) is 1. The van der Waals surface area contributed by atoms with Crippen molar-refractivity contribution in [2.75, 3.05) is 12.0 Å². The highest BCUT2D eigenvalue weighted by Crippen LogP contribution is 2.29. The summed E-state index contributed by atoms with van der Waals surface area (Å²) in [7, 11) is 0. The van der Waals surface area contributed by atoms with Crippen molar-refractivity contribution in [3.05, 3.63) is 35.4 Å². The third kappa shape index (κ3) is 3.89. The van der Waals surface area contributed by atoms with Crippen LogP contribution in [-0.4, -0.2) is 17.8 Å². The lowest BCUT2D eigenvalue weighted by Crippen LogP contribution is -2.08. The number of thioether (sulfide) groups is 1. The van der Waals surface area contributed by atoms with Crippen molar-refractivity contribution in [1.29, 1.82) is 0 Å². The number of hydrogen-bond acceptors (Lipinski definition) is 2. The first-order valence-corrected chi connectivity index (χ1v) is 5.99. The summed E-state index contributed by atoms with van der Waals surface area (Å²) in [6, 6.07) is 4.89. The Bertz CT molecular complexity index is 374. The Morgan fingerprint density at radius 2 is 2.06 bits per heavy atom. The maximum atomic E-state index is 12.4. The van der Waals surface area contributed by atoms with Crippen LogP contribution in [0.5, 0.6) is 0 Å². The van der Waals surface area contributed by atoms with Gasteiger partial charge in [0.15, 0.2) is 0 Å². The Morgan fingerprint density at radius 3 is 2.62 bits per heavy atom. The highest BCUT2D eigenvalue weighted by molar-refractivity contribution is 7.99. The molecule has 0 heterocycles. The molecule has 0 unspecified atom stereocenters. The summed E-state index contributed by atoms with van der Waals surface area (Å²) in [6.07, 6.45) is -2.51. The molecule has 0 saturated carbocycles. The van der Waals surface area contributed by atoms with Crippen LogP contribution in [-0.2, 0) is 17.4 Å².